The number of methoxy groups -OCH3 is 1. The van der Waals surface area contributed by atoms with E-state index in [0.717, 1.165) is 18.8 Å². The summed E-state index contributed by atoms with van der Waals surface area (Å²) in [6.07, 6.45) is 4.49. The standard InChI is InChI=1S/C11H16N6O/c1-4-5-13-9-14-10(16-11(15-9)18-3)17-7-6-12-8(17)2/h6-7H,4-5H2,1-3H3,(H,13,14,15,16). The van der Waals surface area contributed by atoms with Crippen molar-refractivity contribution >= 4 is 5.95 Å². The second-order valence-electron chi connectivity index (χ2n) is 3.72. The van der Waals surface area contributed by atoms with Gasteiger partial charge in [0, 0.05) is 18.9 Å². The van der Waals surface area contributed by atoms with Crippen LogP contribution in [0.5, 0.6) is 6.01 Å². The summed E-state index contributed by atoms with van der Waals surface area (Å²) >= 11 is 0. The third-order valence-corrected chi connectivity index (χ3v) is 2.36. The molecule has 0 radical (unpaired) electrons. The fourth-order valence-corrected chi connectivity index (χ4v) is 1.45. The summed E-state index contributed by atoms with van der Waals surface area (Å²) in [4.78, 5) is 16.8. The summed E-state index contributed by atoms with van der Waals surface area (Å²) in [5.41, 5.74) is 0. The zero-order valence-electron chi connectivity index (χ0n) is 10.7. The second kappa shape index (κ2) is 5.44. The lowest BCUT2D eigenvalue weighted by Gasteiger charge is -2.08. The summed E-state index contributed by atoms with van der Waals surface area (Å²) in [6.45, 7) is 4.76. The van der Waals surface area contributed by atoms with Gasteiger partial charge in [-0.2, -0.15) is 15.0 Å². The van der Waals surface area contributed by atoms with E-state index >= 15 is 0 Å². The number of anilines is 1. The van der Waals surface area contributed by atoms with E-state index in [1.807, 2.05) is 6.92 Å². The molecule has 0 unspecified atom stereocenters. The number of imidazole rings is 1. The molecule has 0 saturated carbocycles. The average molecular weight is 248 g/mol. The van der Waals surface area contributed by atoms with Crippen LogP contribution in [0.25, 0.3) is 5.95 Å². The minimum Gasteiger partial charge on any atom is -0.467 e. The molecular weight excluding hydrogens is 232 g/mol. The number of rotatable bonds is 5. The van der Waals surface area contributed by atoms with E-state index in [0.29, 0.717) is 11.9 Å². The molecule has 0 atom stereocenters. The van der Waals surface area contributed by atoms with Gasteiger partial charge in [-0.25, -0.2) is 4.98 Å². The van der Waals surface area contributed by atoms with Crippen molar-refractivity contribution in [3.8, 4) is 12.0 Å². The van der Waals surface area contributed by atoms with Crippen LogP contribution in [0.1, 0.15) is 19.2 Å². The third kappa shape index (κ3) is 2.55. The zero-order chi connectivity index (χ0) is 13.0. The smallest absolute Gasteiger partial charge is 0.322 e. The highest BCUT2D eigenvalue weighted by Crippen LogP contribution is 2.12. The predicted molar refractivity (Wildman–Crippen MR) is 67.0 cm³/mol. The van der Waals surface area contributed by atoms with Gasteiger partial charge in [-0.15, -0.1) is 0 Å². The first kappa shape index (κ1) is 12.3. The van der Waals surface area contributed by atoms with Crippen LogP contribution in [0.4, 0.5) is 5.95 Å². The van der Waals surface area contributed by atoms with Crippen LogP contribution in [0, 0.1) is 6.92 Å². The minimum absolute atomic E-state index is 0.284. The quantitative estimate of drug-likeness (QED) is 0.856. The van der Waals surface area contributed by atoms with Crippen LogP contribution in [0.15, 0.2) is 12.4 Å². The molecule has 2 heterocycles. The number of ether oxygens (including phenoxy) is 1. The van der Waals surface area contributed by atoms with Crippen LogP contribution in [0.2, 0.25) is 0 Å². The Bertz CT molecular complexity index is 524. The van der Waals surface area contributed by atoms with Crippen molar-refractivity contribution in [3.63, 3.8) is 0 Å². The molecule has 0 bridgehead atoms. The number of nitrogens with zero attached hydrogens (tertiary/aromatic N) is 5. The van der Waals surface area contributed by atoms with Crippen molar-refractivity contribution in [2.45, 2.75) is 20.3 Å². The first-order chi connectivity index (χ1) is 8.74. The third-order valence-electron chi connectivity index (χ3n) is 2.36. The monoisotopic (exact) mass is 248 g/mol. The molecule has 0 fully saturated rings. The number of hydrogen-bond donors (Lipinski definition) is 1. The maximum Gasteiger partial charge on any atom is 0.322 e. The number of nitrogens with one attached hydrogen (secondary N) is 1. The van der Waals surface area contributed by atoms with Crippen molar-refractivity contribution in [1.82, 2.24) is 24.5 Å². The van der Waals surface area contributed by atoms with Crippen LogP contribution in [0.3, 0.4) is 0 Å². The molecule has 2 rings (SSSR count). The number of hydrogen-bond acceptors (Lipinski definition) is 6. The molecule has 0 spiro atoms. The first-order valence-electron chi connectivity index (χ1n) is 5.79. The molecule has 0 aromatic carbocycles. The molecule has 0 aliphatic heterocycles. The topological polar surface area (TPSA) is 77.8 Å². The van der Waals surface area contributed by atoms with E-state index in [4.69, 9.17) is 4.74 Å². The number of aryl methyl sites for hydroxylation is 1. The SMILES string of the molecule is CCCNc1nc(OC)nc(-n2ccnc2C)n1. The normalized spacial score (nSPS) is 10.4. The van der Waals surface area contributed by atoms with Gasteiger partial charge in [-0.3, -0.25) is 4.57 Å². The lowest BCUT2D eigenvalue weighted by molar-refractivity contribution is 0.378. The van der Waals surface area contributed by atoms with Gasteiger partial charge < -0.3 is 10.1 Å². The van der Waals surface area contributed by atoms with Gasteiger partial charge in [-0.1, -0.05) is 6.92 Å². The van der Waals surface area contributed by atoms with Crippen molar-refractivity contribution in [2.24, 2.45) is 0 Å². The Labute approximate surface area is 105 Å². The molecule has 7 heteroatoms. The van der Waals surface area contributed by atoms with Crippen molar-refractivity contribution in [1.29, 1.82) is 0 Å². The highest BCUT2D eigenvalue weighted by Gasteiger charge is 2.09. The van der Waals surface area contributed by atoms with Gasteiger partial charge in [0.05, 0.1) is 7.11 Å². The summed E-state index contributed by atoms with van der Waals surface area (Å²) in [6, 6.07) is 0.284. The van der Waals surface area contributed by atoms with E-state index in [9.17, 15) is 0 Å². The van der Waals surface area contributed by atoms with E-state index in [1.165, 1.54) is 7.11 Å². The van der Waals surface area contributed by atoms with Gasteiger partial charge >= 0.3 is 6.01 Å². The molecule has 7 nitrogen and oxygen atoms in total. The fourth-order valence-electron chi connectivity index (χ4n) is 1.45. The van der Waals surface area contributed by atoms with Crippen molar-refractivity contribution < 1.29 is 4.74 Å². The molecular formula is C11H16N6O. The van der Waals surface area contributed by atoms with E-state index in [-0.39, 0.29) is 6.01 Å². The Morgan fingerprint density at radius 2 is 2.17 bits per heavy atom. The van der Waals surface area contributed by atoms with Crippen LogP contribution in [-0.4, -0.2) is 38.2 Å². The predicted octanol–water partition coefficient (Wildman–Crippen LogP) is 1.20. The molecule has 0 amide bonds. The summed E-state index contributed by atoms with van der Waals surface area (Å²) < 4.78 is 6.86. The highest BCUT2D eigenvalue weighted by atomic mass is 16.5. The molecule has 96 valence electrons. The Morgan fingerprint density at radius 1 is 1.33 bits per heavy atom. The molecule has 1 N–H and O–H groups in total. The van der Waals surface area contributed by atoms with E-state index in [2.05, 4.69) is 32.2 Å². The molecule has 0 aliphatic carbocycles. The maximum atomic E-state index is 5.08. The summed E-state index contributed by atoms with van der Waals surface area (Å²) in [5, 5.41) is 3.11. The largest absolute Gasteiger partial charge is 0.467 e. The van der Waals surface area contributed by atoms with Gasteiger partial charge in [0.2, 0.25) is 11.9 Å². The van der Waals surface area contributed by atoms with E-state index in [1.54, 1.807) is 17.0 Å². The fraction of sp³-hybridized carbons (Fsp3) is 0.455. The van der Waals surface area contributed by atoms with Crippen LogP contribution in [-0.2, 0) is 0 Å². The second-order valence-corrected chi connectivity index (χ2v) is 3.72. The lowest BCUT2D eigenvalue weighted by atomic mass is 10.5. The molecule has 0 aliphatic rings. The summed E-state index contributed by atoms with van der Waals surface area (Å²) in [7, 11) is 1.53. The average Bonchev–Trinajstić information content (AvgIpc) is 2.82. The Hall–Kier alpha value is -2.18. The van der Waals surface area contributed by atoms with Crippen LogP contribution < -0.4 is 10.1 Å². The summed E-state index contributed by atoms with van der Waals surface area (Å²) in [5.74, 6) is 1.81. The minimum atomic E-state index is 0.284. The van der Waals surface area contributed by atoms with Crippen molar-refractivity contribution in [2.75, 3.05) is 19.0 Å². The molecule has 2 aromatic rings. The van der Waals surface area contributed by atoms with Gasteiger partial charge in [0.1, 0.15) is 5.82 Å². The maximum absolute atomic E-state index is 5.08. The molecule has 18 heavy (non-hydrogen) atoms. The first-order valence-corrected chi connectivity index (χ1v) is 5.79. The van der Waals surface area contributed by atoms with Crippen LogP contribution >= 0.6 is 0 Å². The van der Waals surface area contributed by atoms with Gasteiger partial charge in [0.15, 0.2) is 0 Å². The van der Waals surface area contributed by atoms with Crippen molar-refractivity contribution in [3.05, 3.63) is 18.2 Å². The Kier molecular flexibility index (Phi) is 3.71. The Balaban J connectivity index is 2.38. The highest BCUT2D eigenvalue weighted by molar-refractivity contribution is 5.30. The molecule has 2 aromatic heterocycles. The van der Waals surface area contributed by atoms with E-state index < -0.39 is 0 Å². The zero-order valence-corrected chi connectivity index (χ0v) is 10.7. The Morgan fingerprint density at radius 3 is 2.78 bits per heavy atom. The van der Waals surface area contributed by atoms with Gasteiger partial charge in [-0.05, 0) is 13.3 Å². The van der Waals surface area contributed by atoms with Gasteiger partial charge in [0.25, 0.3) is 0 Å². The number of aromatic nitrogens is 5. The molecule has 0 saturated heterocycles. The lowest BCUT2D eigenvalue weighted by Crippen LogP contribution is -2.11.